The Hall–Kier alpha value is -2.18. The molecule has 114 valence electrons. The van der Waals surface area contributed by atoms with Gasteiger partial charge in [-0.2, -0.15) is 4.37 Å². The normalized spacial score (nSPS) is 12.3. The third kappa shape index (κ3) is 3.03. The zero-order valence-corrected chi connectivity index (χ0v) is 13.1. The zero-order valence-electron chi connectivity index (χ0n) is 12.3. The van der Waals surface area contributed by atoms with Crippen molar-refractivity contribution in [1.82, 2.24) is 9.36 Å². The number of aromatic nitrogens is 2. The molecule has 1 unspecified atom stereocenters. The number of benzene rings is 1. The maximum atomic E-state index is 6.29. The van der Waals surface area contributed by atoms with Crippen LogP contribution in [0.1, 0.15) is 18.2 Å². The van der Waals surface area contributed by atoms with Gasteiger partial charge in [-0.05, 0) is 36.2 Å². The van der Waals surface area contributed by atoms with Crippen molar-refractivity contribution in [3.63, 3.8) is 0 Å². The predicted octanol–water partition coefficient (Wildman–Crippen LogP) is 3.20. The number of hydrogen-bond donors (Lipinski definition) is 2. The van der Waals surface area contributed by atoms with Gasteiger partial charge in [0, 0.05) is 18.1 Å². The first-order chi connectivity index (χ1) is 10.8. The molecule has 0 aliphatic heterocycles. The summed E-state index contributed by atoms with van der Waals surface area (Å²) in [5.41, 5.74) is 7.26. The van der Waals surface area contributed by atoms with Crippen LogP contribution in [0.15, 0.2) is 42.6 Å². The van der Waals surface area contributed by atoms with Gasteiger partial charge in [0.1, 0.15) is 0 Å². The van der Waals surface area contributed by atoms with Crippen molar-refractivity contribution in [1.29, 1.82) is 0 Å². The molecule has 0 aliphatic carbocycles. The molecule has 2 aromatic heterocycles. The molecule has 0 bridgehead atoms. The molecule has 22 heavy (non-hydrogen) atoms. The number of nitrogens with zero attached hydrogens (tertiary/aromatic N) is 2. The molecule has 0 radical (unpaired) electrons. The molecule has 5 nitrogen and oxygen atoms in total. The van der Waals surface area contributed by atoms with E-state index < -0.39 is 0 Å². The van der Waals surface area contributed by atoms with Crippen LogP contribution in [-0.2, 0) is 0 Å². The maximum absolute atomic E-state index is 6.29. The highest BCUT2D eigenvalue weighted by Gasteiger charge is 2.13. The number of fused-ring (bicyclic) bond motifs is 1. The van der Waals surface area contributed by atoms with E-state index in [0.29, 0.717) is 6.54 Å². The van der Waals surface area contributed by atoms with Crippen LogP contribution in [0.25, 0.3) is 10.1 Å². The lowest BCUT2D eigenvalue weighted by Crippen LogP contribution is -2.16. The van der Waals surface area contributed by atoms with Gasteiger partial charge in [-0.1, -0.05) is 18.2 Å². The van der Waals surface area contributed by atoms with Crippen LogP contribution in [0.3, 0.4) is 0 Å². The maximum Gasteiger partial charge on any atom is 0.168 e. The third-order valence-corrected chi connectivity index (χ3v) is 4.34. The van der Waals surface area contributed by atoms with Gasteiger partial charge in [0.25, 0.3) is 0 Å². The number of hydrogen-bond acceptors (Lipinski definition) is 6. The number of rotatable bonds is 6. The Bertz CT molecular complexity index is 758. The minimum atomic E-state index is -0.0987. The highest BCUT2D eigenvalue weighted by Crippen LogP contribution is 2.27. The van der Waals surface area contributed by atoms with Crippen molar-refractivity contribution in [2.75, 3.05) is 19.0 Å². The van der Waals surface area contributed by atoms with Crippen LogP contribution in [0.2, 0.25) is 0 Å². The van der Waals surface area contributed by atoms with E-state index in [2.05, 4.69) is 26.8 Å². The van der Waals surface area contributed by atoms with E-state index in [1.807, 2.05) is 24.3 Å². The first kappa shape index (κ1) is 14.7. The van der Waals surface area contributed by atoms with Crippen LogP contribution < -0.4 is 15.8 Å². The van der Waals surface area contributed by atoms with Crippen molar-refractivity contribution in [2.45, 2.75) is 12.5 Å². The quantitative estimate of drug-likeness (QED) is 0.731. The lowest BCUT2D eigenvalue weighted by molar-refractivity contribution is 0.414. The fourth-order valence-electron chi connectivity index (χ4n) is 2.34. The zero-order chi connectivity index (χ0) is 15.4. The smallest absolute Gasteiger partial charge is 0.168 e. The van der Waals surface area contributed by atoms with Gasteiger partial charge in [-0.25, -0.2) is 4.98 Å². The Morgan fingerprint density at radius 2 is 2.14 bits per heavy atom. The topological polar surface area (TPSA) is 73.1 Å². The summed E-state index contributed by atoms with van der Waals surface area (Å²) >= 11 is 1.50. The molecule has 3 rings (SSSR count). The predicted molar refractivity (Wildman–Crippen MR) is 90.4 cm³/mol. The van der Waals surface area contributed by atoms with E-state index >= 15 is 0 Å². The lowest BCUT2D eigenvalue weighted by Gasteiger charge is -2.12. The molecule has 0 spiro atoms. The number of ether oxygens (including phenoxy) is 1. The van der Waals surface area contributed by atoms with E-state index in [4.69, 9.17) is 10.5 Å². The minimum absolute atomic E-state index is 0.0987. The number of anilines is 1. The van der Waals surface area contributed by atoms with Crippen LogP contribution >= 0.6 is 11.5 Å². The SMILES string of the molecule is COc1cccnc1NCCC(N)c1nsc2ccccc12. The van der Waals surface area contributed by atoms with Crippen LogP contribution in [-0.4, -0.2) is 23.0 Å². The molecule has 1 atom stereocenters. The molecule has 2 heterocycles. The number of nitrogens with one attached hydrogen (secondary N) is 1. The van der Waals surface area contributed by atoms with E-state index in [1.165, 1.54) is 16.2 Å². The van der Waals surface area contributed by atoms with Gasteiger partial charge in [-0.3, -0.25) is 0 Å². The van der Waals surface area contributed by atoms with Gasteiger partial charge in [0.05, 0.1) is 23.5 Å². The summed E-state index contributed by atoms with van der Waals surface area (Å²) < 4.78 is 10.9. The molecule has 3 aromatic rings. The lowest BCUT2D eigenvalue weighted by atomic mass is 10.1. The van der Waals surface area contributed by atoms with Crippen LogP contribution in [0, 0.1) is 0 Å². The molecular weight excluding hydrogens is 296 g/mol. The Morgan fingerprint density at radius 1 is 1.27 bits per heavy atom. The van der Waals surface area contributed by atoms with Crippen molar-refractivity contribution in [2.24, 2.45) is 5.73 Å². The third-order valence-electron chi connectivity index (χ3n) is 3.49. The summed E-state index contributed by atoms with van der Waals surface area (Å²) in [6.07, 6.45) is 2.51. The fourth-order valence-corrected chi connectivity index (χ4v) is 3.18. The average molecular weight is 314 g/mol. The molecule has 0 amide bonds. The van der Waals surface area contributed by atoms with Gasteiger partial charge in [0.2, 0.25) is 0 Å². The molecule has 0 aliphatic rings. The fraction of sp³-hybridized carbons (Fsp3) is 0.250. The summed E-state index contributed by atoms with van der Waals surface area (Å²) in [4.78, 5) is 4.27. The molecular formula is C16H18N4OS. The standard InChI is InChI=1S/C16H18N4OS/c1-21-13-6-4-9-18-16(13)19-10-8-12(17)15-11-5-2-3-7-14(11)22-20-15/h2-7,9,12H,8,10,17H2,1H3,(H,18,19). The molecule has 1 aromatic carbocycles. The Balaban J connectivity index is 1.64. The van der Waals surface area contributed by atoms with Crippen LogP contribution in [0.5, 0.6) is 5.75 Å². The highest BCUT2D eigenvalue weighted by atomic mass is 32.1. The van der Waals surface area contributed by atoms with E-state index in [1.54, 1.807) is 13.3 Å². The summed E-state index contributed by atoms with van der Waals surface area (Å²) in [5.74, 6) is 1.47. The molecule has 0 saturated heterocycles. The second-order valence-electron chi connectivity index (χ2n) is 4.94. The number of nitrogens with two attached hydrogens (primary N) is 1. The summed E-state index contributed by atoms with van der Waals surface area (Å²) in [7, 11) is 1.63. The highest BCUT2D eigenvalue weighted by molar-refractivity contribution is 7.13. The van der Waals surface area contributed by atoms with Crippen molar-refractivity contribution < 1.29 is 4.74 Å². The second-order valence-corrected chi connectivity index (χ2v) is 5.75. The van der Waals surface area contributed by atoms with Crippen molar-refractivity contribution in [3.8, 4) is 5.75 Å². The second kappa shape index (κ2) is 6.72. The number of methoxy groups -OCH3 is 1. The van der Waals surface area contributed by atoms with E-state index in [0.717, 1.165) is 29.1 Å². The van der Waals surface area contributed by atoms with Crippen LogP contribution in [0.4, 0.5) is 5.82 Å². The van der Waals surface area contributed by atoms with E-state index in [9.17, 15) is 0 Å². The molecule has 0 fully saturated rings. The first-order valence-corrected chi connectivity index (χ1v) is 7.89. The van der Waals surface area contributed by atoms with Gasteiger partial charge in [0.15, 0.2) is 11.6 Å². The van der Waals surface area contributed by atoms with Crippen molar-refractivity contribution in [3.05, 3.63) is 48.3 Å². The molecule has 3 N–H and O–H groups in total. The summed E-state index contributed by atoms with van der Waals surface area (Å²) in [5, 5.41) is 4.41. The molecule has 6 heteroatoms. The Morgan fingerprint density at radius 3 is 3.00 bits per heavy atom. The van der Waals surface area contributed by atoms with E-state index in [-0.39, 0.29) is 6.04 Å². The first-order valence-electron chi connectivity index (χ1n) is 7.12. The van der Waals surface area contributed by atoms with Crippen molar-refractivity contribution >= 4 is 27.4 Å². The minimum Gasteiger partial charge on any atom is -0.493 e. The average Bonchev–Trinajstić information content (AvgIpc) is 2.99. The van der Waals surface area contributed by atoms with Gasteiger partial charge in [-0.15, -0.1) is 0 Å². The summed E-state index contributed by atoms with van der Waals surface area (Å²) in [6, 6.07) is 11.8. The molecule has 0 saturated carbocycles. The summed E-state index contributed by atoms with van der Waals surface area (Å²) in [6.45, 7) is 0.709. The van der Waals surface area contributed by atoms with Gasteiger partial charge < -0.3 is 15.8 Å². The van der Waals surface area contributed by atoms with Gasteiger partial charge >= 0.3 is 0 Å². The Kier molecular flexibility index (Phi) is 4.50. The monoisotopic (exact) mass is 314 g/mol. The largest absolute Gasteiger partial charge is 0.493 e. The Labute approximate surface area is 133 Å². The number of pyridine rings is 1.